The molecule has 104 valence electrons. The van der Waals surface area contributed by atoms with E-state index in [1.807, 2.05) is 0 Å². The molecule has 0 aliphatic heterocycles. The van der Waals surface area contributed by atoms with Crippen LogP contribution in [0.25, 0.3) is 0 Å². The van der Waals surface area contributed by atoms with Gasteiger partial charge in [0.1, 0.15) is 5.75 Å². The summed E-state index contributed by atoms with van der Waals surface area (Å²) in [5.74, 6) is 1.91. The Morgan fingerprint density at radius 1 is 1.16 bits per heavy atom. The standard InChI is InChI=1S/C18H26O/c1-17(2)11-6-12-18(3)14-7-5-8-15(19-4)13(14)9-10-16(17)18/h5,7-8,16H,6,9-12H2,1-4H3/t16-,18+/m1/s1. The Balaban J connectivity index is 2.13. The monoisotopic (exact) mass is 258 g/mol. The first-order chi connectivity index (χ1) is 8.99. The molecule has 3 rings (SSSR count). The highest BCUT2D eigenvalue weighted by Gasteiger charge is 2.49. The first-order valence-electron chi connectivity index (χ1n) is 7.65. The van der Waals surface area contributed by atoms with Crippen LogP contribution in [0.15, 0.2) is 18.2 Å². The second-order valence-corrected chi connectivity index (χ2v) is 7.34. The fourth-order valence-electron chi connectivity index (χ4n) is 4.99. The number of benzene rings is 1. The van der Waals surface area contributed by atoms with Crippen LogP contribution in [0.2, 0.25) is 0 Å². The highest BCUT2D eigenvalue weighted by molar-refractivity contribution is 5.47. The molecule has 19 heavy (non-hydrogen) atoms. The minimum absolute atomic E-state index is 0.351. The summed E-state index contributed by atoms with van der Waals surface area (Å²) in [6.45, 7) is 7.44. The van der Waals surface area contributed by atoms with Gasteiger partial charge in [-0.1, -0.05) is 39.3 Å². The van der Waals surface area contributed by atoms with Crippen molar-refractivity contribution in [3.63, 3.8) is 0 Å². The summed E-state index contributed by atoms with van der Waals surface area (Å²) < 4.78 is 5.59. The third kappa shape index (κ3) is 1.81. The Labute approximate surface area is 117 Å². The van der Waals surface area contributed by atoms with Crippen molar-refractivity contribution in [3.8, 4) is 5.75 Å². The summed E-state index contributed by atoms with van der Waals surface area (Å²) in [7, 11) is 1.80. The summed E-state index contributed by atoms with van der Waals surface area (Å²) in [5.41, 5.74) is 3.87. The average Bonchev–Trinajstić information content (AvgIpc) is 2.37. The molecule has 0 unspecified atom stereocenters. The van der Waals surface area contributed by atoms with E-state index in [0.717, 1.165) is 11.7 Å². The number of hydrogen-bond acceptors (Lipinski definition) is 1. The van der Waals surface area contributed by atoms with Crippen LogP contribution < -0.4 is 4.74 Å². The van der Waals surface area contributed by atoms with Crippen LogP contribution in [-0.4, -0.2) is 7.11 Å². The average molecular weight is 258 g/mol. The molecule has 2 aliphatic rings. The largest absolute Gasteiger partial charge is 0.496 e. The number of rotatable bonds is 1. The van der Waals surface area contributed by atoms with Gasteiger partial charge in [0.05, 0.1) is 7.11 Å². The SMILES string of the molecule is COc1cccc2c1CC[C@@H]1C(C)(C)CCC[C@@]21C. The third-order valence-corrected chi connectivity index (χ3v) is 5.88. The zero-order valence-electron chi connectivity index (χ0n) is 12.8. The molecule has 2 atom stereocenters. The van der Waals surface area contributed by atoms with Crippen molar-refractivity contribution < 1.29 is 4.74 Å². The van der Waals surface area contributed by atoms with Gasteiger partial charge in [-0.05, 0) is 59.6 Å². The highest BCUT2D eigenvalue weighted by Crippen LogP contribution is 2.57. The highest BCUT2D eigenvalue weighted by atomic mass is 16.5. The third-order valence-electron chi connectivity index (χ3n) is 5.88. The first kappa shape index (κ1) is 13.0. The fourth-order valence-corrected chi connectivity index (χ4v) is 4.99. The van der Waals surface area contributed by atoms with Crippen molar-refractivity contribution in [1.82, 2.24) is 0 Å². The van der Waals surface area contributed by atoms with Crippen LogP contribution in [0, 0.1) is 11.3 Å². The van der Waals surface area contributed by atoms with Crippen molar-refractivity contribution >= 4 is 0 Å². The Bertz CT molecular complexity index is 488. The van der Waals surface area contributed by atoms with Gasteiger partial charge in [-0.3, -0.25) is 0 Å². The molecule has 0 N–H and O–H groups in total. The van der Waals surface area contributed by atoms with Crippen molar-refractivity contribution in [1.29, 1.82) is 0 Å². The molecule has 1 fully saturated rings. The Kier molecular flexibility index (Phi) is 2.92. The van der Waals surface area contributed by atoms with Crippen LogP contribution in [0.5, 0.6) is 5.75 Å². The van der Waals surface area contributed by atoms with Gasteiger partial charge >= 0.3 is 0 Å². The molecule has 0 spiro atoms. The summed E-state index contributed by atoms with van der Waals surface area (Å²) in [6.07, 6.45) is 6.57. The van der Waals surface area contributed by atoms with E-state index < -0.39 is 0 Å². The molecule has 0 bridgehead atoms. The Morgan fingerprint density at radius 3 is 2.68 bits per heavy atom. The zero-order valence-corrected chi connectivity index (χ0v) is 12.8. The number of hydrogen-bond donors (Lipinski definition) is 0. The predicted octanol–water partition coefficient (Wildman–Crippen LogP) is 4.73. The second-order valence-electron chi connectivity index (χ2n) is 7.34. The lowest BCUT2D eigenvalue weighted by Crippen LogP contribution is -2.47. The van der Waals surface area contributed by atoms with Gasteiger partial charge in [-0.15, -0.1) is 0 Å². The van der Waals surface area contributed by atoms with E-state index in [-0.39, 0.29) is 0 Å². The van der Waals surface area contributed by atoms with Crippen LogP contribution in [0.3, 0.4) is 0 Å². The molecule has 1 heteroatoms. The van der Waals surface area contributed by atoms with Gasteiger partial charge < -0.3 is 4.74 Å². The van der Waals surface area contributed by atoms with E-state index in [4.69, 9.17) is 4.74 Å². The maximum Gasteiger partial charge on any atom is 0.122 e. The lowest BCUT2D eigenvalue weighted by Gasteiger charge is -2.54. The number of fused-ring (bicyclic) bond motifs is 3. The zero-order chi connectivity index (χ0) is 13.7. The van der Waals surface area contributed by atoms with E-state index in [9.17, 15) is 0 Å². The lowest BCUT2D eigenvalue weighted by molar-refractivity contribution is 0.0402. The maximum atomic E-state index is 5.59. The van der Waals surface area contributed by atoms with Crippen molar-refractivity contribution in [2.45, 2.75) is 58.3 Å². The molecule has 1 aromatic rings. The molecular formula is C18H26O. The molecule has 1 saturated carbocycles. The minimum Gasteiger partial charge on any atom is -0.496 e. The molecule has 1 aromatic carbocycles. The van der Waals surface area contributed by atoms with Crippen LogP contribution in [0.1, 0.15) is 57.6 Å². The van der Waals surface area contributed by atoms with Crippen LogP contribution in [0.4, 0.5) is 0 Å². The topological polar surface area (TPSA) is 9.23 Å². The first-order valence-corrected chi connectivity index (χ1v) is 7.65. The second kappa shape index (κ2) is 4.26. The van der Waals surface area contributed by atoms with Gasteiger partial charge in [-0.2, -0.15) is 0 Å². The smallest absolute Gasteiger partial charge is 0.122 e. The summed E-state index contributed by atoms with van der Waals surface area (Å²) in [5, 5.41) is 0. The maximum absolute atomic E-state index is 5.59. The molecule has 0 heterocycles. The van der Waals surface area contributed by atoms with E-state index >= 15 is 0 Å². The van der Waals surface area contributed by atoms with Crippen molar-refractivity contribution in [3.05, 3.63) is 29.3 Å². The van der Waals surface area contributed by atoms with Gasteiger partial charge in [0.25, 0.3) is 0 Å². The summed E-state index contributed by atoms with van der Waals surface area (Å²) >= 11 is 0. The molecule has 0 radical (unpaired) electrons. The van der Waals surface area contributed by atoms with E-state index in [1.54, 1.807) is 12.7 Å². The minimum atomic E-state index is 0.351. The molecule has 2 aliphatic carbocycles. The van der Waals surface area contributed by atoms with E-state index in [2.05, 4.69) is 39.0 Å². The number of ether oxygens (including phenoxy) is 1. The van der Waals surface area contributed by atoms with Gasteiger partial charge in [0.2, 0.25) is 0 Å². The molecular weight excluding hydrogens is 232 g/mol. The lowest BCUT2D eigenvalue weighted by atomic mass is 9.50. The molecule has 1 nitrogen and oxygen atoms in total. The molecule has 0 saturated heterocycles. The quantitative estimate of drug-likeness (QED) is 0.708. The van der Waals surface area contributed by atoms with Crippen molar-refractivity contribution in [2.24, 2.45) is 11.3 Å². The van der Waals surface area contributed by atoms with Crippen LogP contribution >= 0.6 is 0 Å². The van der Waals surface area contributed by atoms with Gasteiger partial charge in [0.15, 0.2) is 0 Å². The van der Waals surface area contributed by atoms with E-state index in [1.165, 1.54) is 37.7 Å². The Morgan fingerprint density at radius 2 is 1.95 bits per heavy atom. The summed E-state index contributed by atoms with van der Waals surface area (Å²) in [4.78, 5) is 0. The predicted molar refractivity (Wildman–Crippen MR) is 79.8 cm³/mol. The molecule has 0 amide bonds. The van der Waals surface area contributed by atoms with Gasteiger partial charge in [-0.25, -0.2) is 0 Å². The van der Waals surface area contributed by atoms with Gasteiger partial charge in [0, 0.05) is 0 Å². The van der Waals surface area contributed by atoms with E-state index in [0.29, 0.717) is 10.8 Å². The summed E-state index contributed by atoms with van der Waals surface area (Å²) in [6, 6.07) is 6.65. The molecule has 0 aromatic heterocycles. The fraction of sp³-hybridized carbons (Fsp3) is 0.667. The van der Waals surface area contributed by atoms with Crippen molar-refractivity contribution in [2.75, 3.05) is 7.11 Å². The van der Waals surface area contributed by atoms with Crippen LogP contribution in [-0.2, 0) is 11.8 Å². The Hall–Kier alpha value is -0.980. The normalized spacial score (nSPS) is 32.3. The number of methoxy groups -OCH3 is 1.